The normalized spacial score (nSPS) is 11.3. The number of aliphatic hydroxyl groups excluding tert-OH is 1. The summed E-state index contributed by atoms with van der Waals surface area (Å²) >= 11 is 0. The second-order valence-corrected chi connectivity index (χ2v) is 4.60. The SMILES string of the molecule is COc1ccccc1Oc1occc1C(O)=CC(=O)c1ncn[nH]1. The predicted octanol–water partition coefficient (Wildman–Crippen LogP) is 2.98. The highest BCUT2D eigenvalue weighted by Crippen LogP contribution is 2.35. The number of nitrogens with zero attached hydrogens (tertiary/aromatic N) is 2. The third-order valence-electron chi connectivity index (χ3n) is 3.09. The van der Waals surface area contributed by atoms with Crippen LogP contribution < -0.4 is 9.47 Å². The van der Waals surface area contributed by atoms with E-state index in [0.29, 0.717) is 11.5 Å². The minimum absolute atomic E-state index is 0.0113. The number of hydrogen-bond acceptors (Lipinski definition) is 7. The fourth-order valence-corrected chi connectivity index (χ4v) is 1.96. The lowest BCUT2D eigenvalue weighted by molar-refractivity contribution is 0.103. The molecule has 24 heavy (non-hydrogen) atoms. The summed E-state index contributed by atoms with van der Waals surface area (Å²) in [5.41, 5.74) is 0.216. The van der Waals surface area contributed by atoms with Crippen molar-refractivity contribution in [1.29, 1.82) is 0 Å². The number of nitrogens with one attached hydrogen (secondary N) is 1. The van der Waals surface area contributed by atoms with Crippen LogP contribution in [0.2, 0.25) is 0 Å². The van der Waals surface area contributed by atoms with E-state index in [9.17, 15) is 9.90 Å². The van der Waals surface area contributed by atoms with Crippen LogP contribution in [0.15, 0.2) is 53.4 Å². The first-order valence-electron chi connectivity index (χ1n) is 6.88. The molecule has 0 spiro atoms. The number of ether oxygens (including phenoxy) is 2. The van der Waals surface area contributed by atoms with E-state index in [-0.39, 0.29) is 23.1 Å². The lowest BCUT2D eigenvalue weighted by atomic mass is 10.2. The molecule has 0 unspecified atom stereocenters. The van der Waals surface area contributed by atoms with Crippen LogP contribution in [0.4, 0.5) is 0 Å². The van der Waals surface area contributed by atoms with Crippen LogP contribution in [0, 0.1) is 0 Å². The number of aromatic nitrogens is 3. The zero-order chi connectivity index (χ0) is 16.9. The third kappa shape index (κ3) is 3.12. The van der Waals surface area contributed by atoms with Crippen LogP contribution in [0.1, 0.15) is 16.2 Å². The van der Waals surface area contributed by atoms with E-state index in [4.69, 9.17) is 13.9 Å². The number of carbonyl (C=O) groups excluding carboxylic acids is 1. The summed E-state index contributed by atoms with van der Waals surface area (Å²) in [5, 5.41) is 16.2. The second-order valence-electron chi connectivity index (χ2n) is 4.60. The Hall–Kier alpha value is -3.55. The minimum Gasteiger partial charge on any atom is -0.507 e. The average molecular weight is 327 g/mol. The maximum Gasteiger partial charge on any atom is 0.301 e. The van der Waals surface area contributed by atoms with Crippen molar-refractivity contribution in [2.24, 2.45) is 0 Å². The zero-order valence-electron chi connectivity index (χ0n) is 12.6. The number of allylic oxidation sites excluding steroid dienone is 1. The fourth-order valence-electron chi connectivity index (χ4n) is 1.96. The summed E-state index contributed by atoms with van der Waals surface area (Å²) in [6.45, 7) is 0. The van der Waals surface area contributed by atoms with Crippen molar-refractivity contribution >= 4 is 11.5 Å². The Bertz CT molecular complexity index is 867. The van der Waals surface area contributed by atoms with E-state index >= 15 is 0 Å². The maximum atomic E-state index is 11.9. The summed E-state index contributed by atoms with van der Waals surface area (Å²) in [6.07, 6.45) is 3.54. The van der Waals surface area contributed by atoms with Crippen molar-refractivity contribution < 1.29 is 23.8 Å². The van der Waals surface area contributed by atoms with Gasteiger partial charge in [-0.1, -0.05) is 12.1 Å². The standard InChI is InChI=1S/C16H13N3O5/c1-22-13-4-2-3-5-14(13)24-16-10(6-7-23-16)11(20)8-12(21)15-17-9-18-19-15/h2-9,20H,1H3,(H,17,18,19). The van der Waals surface area contributed by atoms with Crippen molar-refractivity contribution in [2.75, 3.05) is 7.11 Å². The third-order valence-corrected chi connectivity index (χ3v) is 3.09. The van der Waals surface area contributed by atoms with Gasteiger partial charge in [0.1, 0.15) is 17.6 Å². The van der Waals surface area contributed by atoms with Gasteiger partial charge in [-0.25, -0.2) is 4.98 Å². The van der Waals surface area contributed by atoms with Gasteiger partial charge < -0.3 is 19.0 Å². The molecule has 2 N–H and O–H groups in total. The molecule has 0 aliphatic heterocycles. The summed E-state index contributed by atoms with van der Waals surface area (Å²) in [6, 6.07) is 8.45. The van der Waals surface area contributed by atoms with E-state index < -0.39 is 5.78 Å². The summed E-state index contributed by atoms with van der Waals surface area (Å²) in [4.78, 5) is 15.6. The molecule has 3 rings (SSSR count). The molecule has 0 saturated heterocycles. The Morgan fingerprint density at radius 3 is 2.79 bits per heavy atom. The first-order valence-corrected chi connectivity index (χ1v) is 6.88. The molecule has 0 atom stereocenters. The molecule has 122 valence electrons. The number of methoxy groups -OCH3 is 1. The van der Waals surface area contributed by atoms with Crippen LogP contribution in [0.25, 0.3) is 5.76 Å². The van der Waals surface area contributed by atoms with Crippen molar-refractivity contribution in [3.63, 3.8) is 0 Å². The van der Waals surface area contributed by atoms with E-state index in [0.717, 1.165) is 6.08 Å². The summed E-state index contributed by atoms with van der Waals surface area (Å²) in [7, 11) is 1.51. The Balaban J connectivity index is 1.86. The number of aliphatic hydroxyl groups is 1. The fraction of sp³-hybridized carbons (Fsp3) is 0.0625. The van der Waals surface area contributed by atoms with Crippen molar-refractivity contribution in [1.82, 2.24) is 15.2 Å². The van der Waals surface area contributed by atoms with Crippen molar-refractivity contribution in [2.45, 2.75) is 0 Å². The molecule has 0 aliphatic rings. The highest BCUT2D eigenvalue weighted by atomic mass is 16.6. The Labute approximate surface area is 136 Å². The number of ketones is 1. The number of carbonyl (C=O) groups is 1. The minimum atomic E-state index is -0.533. The van der Waals surface area contributed by atoms with Gasteiger partial charge in [-0.05, 0) is 18.2 Å². The molecule has 0 saturated carbocycles. The van der Waals surface area contributed by atoms with Crippen LogP contribution in [-0.4, -0.2) is 33.2 Å². The van der Waals surface area contributed by atoms with E-state index in [1.54, 1.807) is 24.3 Å². The van der Waals surface area contributed by atoms with Gasteiger partial charge in [0.2, 0.25) is 5.78 Å². The number of benzene rings is 1. The van der Waals surface area contributed by atoms with Gasteiger partial charge in [0, 0.05) is 6.08 Å². The monoisotopic (exact) mass is 327 g/mol. The molecule has 0 fully saturated rings. The second kappa shape index (κ2) is 6.69. The largest absolute Gasteiger partial charge is 0.507 e. The van der Waals surface area contributed by atoms with Gasteiger partial charge in [0.05, 0.1) is 13.4 Å². The molecular weight excluding hydrogens is 314 g/mol. The van der Waals surface area contributed by atoms with E-state index in [1.165, 1.54) is 25.8 Å². The first-order chi connectivity index (χ1) is 11.7. The molecule has 8 heteroatoms. The molecule has 3 aromatic rings. The zero-order valence-corrected chi connectivity index (χ0v) is 12.6. The predicted molar refractivity (Wildman–Crippen MR) is 83.1 cm³/mol. The number of rotatable bonds is 6. The number of para-hydroxylation sites is 2. The number of H-pyrrole nitrogens is 1. The van der Waals surface area contributed by atoms with Crippen molar-refractivity contribution in [3.8, 4) is 17.4 Å². The van der Waals surface area contributed by atoms with Crippen LogP contribution in [0.3, 0.4) is 0 Å². The molecular formula is C16H13N3O5. The van der Waals surface area contributed by atoms with Crippen molar-refractivity contribution in [3.05, 3.63) is 60.4 Å². The molecule has 1 aromatic carbocycles. The summed E-state index contributed by atoms with van der Waals surface area (Å²) < 4.78 is 16.1. The smallest absolute Gasteiger partial charge is 0.301 e. The highest BCUT2D eigenvalue weighted by molar-refractivity contribution is 6.05. The molecule has 0 bridgehead atoms. The molecule has 0 amide bonds. The van der Waals surface area contributed by atoms with E-state index in [2.05, 4.69) is 15.2 Å². The molecule has 2 aromatic heterocycles. The summed E-state index contributed by atoms with van der Waals surface area (Å²) in [5.74, 6) is 0.0898. The van der Waals surface area contributed by atoms with Gasteiger partial charge >= 0.3 is 5.95 Å². The Morgan fingerprint density at radius 2 is 2.08 bits per heavy atom. The van der Waals surface area contributed by atoms with E-state index in [1.807, 2.05) is 0 Å². The highest BCUT2D eigenvalue weighted by Gasteiger charge is 2.17. The number of hydrogen-bond donors (Lipinski definition) is 2. The quantitative estimate of drug-likeness (QED) is 0.407. The first kappa shape index (κ1) is 15.3. The lowest BCUT2D eigenvalue weighted by Gasteiger charge is -2.08. The Morgan fingerprint density at radius 1 is 1.29 bits per heavy atom. The van der Waals surface area contributed by atoms with Gasteiger partial charge in [-0.2, -0.15) is 5.10 Å². The molecule has 0 aliphatic carbocycles. The molecule has 8 nitrogen and oxygen atoms in total. The lowest BCUT2D eigenvalue weighted by Crippen LogP contribution is -1.99. The number of aromatic amines is 1. The van der Waals surface area contributed by atoms with Gasteiger partial charge in [0.15, 0.2) is 17.3 Å². The van der Waals surface area contributed by atoms with Gasteiger partial charge in [-0.3, -0.25) is 9.89 Å². The number of furan rings is 1. The Kier molecular flexibility index (Phi) is 4.28. The van der Waals surface area contributed by atoms with Crippen LogP contribution >= 0.6 is 0 Å². The van der Waals surface area contributed by atoms with Gasteiger partial charge in [0.25, 0.3) is 0 Å². The molecule has 0 radical (unpaired) electrons. The van der Waals surface area contributed by atoms with Crippen LogP contribution in [-0.2, 0) is 0 Å². The average Bonchev–Trinajstić information content (AvgIpc) is 3.27. The maximum absolute atomic E-state index is 11.9. The molecule has 2 heterocycles. The topological polar surface area (TPSA) is 110 Å². The van der Waals surface area contributed by atoms with Crippen LogP contribution in [0.5, 0.6) is 17.4 Å². The van der Waals surface area contributed by atoms with Gasteiger partial charge in [-0.15, -0.1) is 0 Å².